The lowest BCUT2D eigenvalue weighted by atomic mass is 10.2. The monoisotopic (exact) mass is 274 g/mol. The Morgan fingerprint density at radius 2 is 1.95 bits per heavy atom. The number of benzene rings is 1. The molecule has 4 nitrogen and oxygen atoms in total. The number of carbonyl (C=O) groups excluding carboxylic acids is 1. The van der Waals surface area contributed by atoms with Crippen LogP contribution < -0.4 is 10.2 Å². The van der Waals surface area contributed by atoms with Crippen LogP contribution in [0.5, 0.6) is 0 Å². The van der Waals surface area contributed by atoms with E-state index >= 15 is 0 Å². The SMILES string of the molecule is C=C(CNc1ccc(N2CCCC2)cc1)C(=O)OCC. The molecule has 2 rings (SSSR count). The zero-order valence-corrected chi connectivity index (χ0v) is 12.0. The summed E-state index contributed by atoms with van der Waals surface area (Å²) in [6.45, 7) is 8.58. The number of rotatable bonds is 6. The summed E-state index contributed by atoms with van der Waals surface area (Å²) < 4.78 is 4.89. The van der Waals surface area contributed by atoms with E-state index in [1.165, 1.54) is 18.5 Å². The molecular formula is C16H22N2O2. The highest BCUT2D eigenvalue weighted by atomic mass is 16.5. The van der Waals surface area contributed by atoms with Crippen LogP contribution in [0, 0.1) is 0 Å². The second kappa shape index (κ2) is 6.98. The molecule has 0 aliphatic carbocycles. The largest absolute Gasteiger partial charge is 0.463 e. The minimum atomic E-state index is -0.339. The molecule has 1 aliphatic heterocycles. The van der Waals surface area contributed by atoms with Crippen molar-refractivity contribution in [2.45, 2.75) is 19.8 Å². The van der Waals surface area contributed by atoms with Crippen LogP contribution in [0.1, 0.15) is 19.8 Å². The van der Waals surface area contributed by atoms with E-state index in [0.29, 0.717) is 18.7 Å². The van der Waals surface area contributed by atoms with Crippen LogP contribution in [0.2, 0.25) is 0 Å². The number of anilines is 2. The van der Waals surface area contributed by atoms with Crippen molar-refractivity contribution in [1.29, 1.82) is 0 Å². The fourth-order valence-corrected chi connectivity index (χ4v) is 2.28. The summed E-state index contributed by atoms with van der Waals surface area (Å²) in [6, 6.07) is 8.29. The van der Waals surface area contributed by atoms with Crippen LogP contribution in [0.3, 0.4) is 0 Å². The molecule has 4 heteroatoms. The van der Waals surface area contributed by atoms with Gasteiger partial charge in [-0.15, -0.1) is 0 Å². The molecule has 108 valence electrons. The Labute approximate surface area is 120 Å². The van der Waals surface area contributed by atoms with Gasteiger partial charge in [-0.25, -0.2) is 4.79 Å². The van der Waals surface area contributed by atoms with Crippen molar-refractivity contribution in [2.24, 2.45) is 0 Å². The summed E-state index contributed by atoms with van der Waals surface area (Å²) in [6.07, 6.45) is 2.55. The number of ether oxygens (including phenoxy) is 1. The third-order valence-electron chi connectivity index (χ3n) is 3.41. The first-order valence-electron chi connectivity index (χ1n) is 7.14. The fraction of sp³-hybridized carbons (Fsp3) is 0.438. The van der Waals surface area contributed by atoms with Crippen LogP contribution in [0.15, 0.2) is 36.4 Å². The van der Waals surface area contributed by atoms with E-state index in [0.717, 1.165) is 18.8 Å². The van der Waals surface area contributed by atoms with Crippen molar-refractivity contribution in [3.05, 3.63) is 36.4 Å². The van der Waals surface area contributed by atoms with Gasteiger partial charge >= 0.3 is 5.97 Å². The van der Waals surface area contributed by atoms with Crippen molar-refractivity contribution in [1.82, 2.24) is 0 Å². The summed E-state index contributed by atoms with van der Waals surface area (Å²) in [5.41, 5.74) is 2.69. The van der Waals surface area contributed by atoms with Gasteiger partial charge in [0.25, 0.3) is 0 Å². The molecule has 1 aromatic rings. The smallest absolute Gasteiger partial charge is 0.335 e. The van der Waals surface area contributed by atoms with E-state index in [1.54, 1.807) is 6.92 Å². The second-order valence-electron chi connectivity index (χ2n) is 4.92. The van der Waals surface area contributed by atoms with Gasteiger partial charge in [0, 0.05) is 36.6 Å². The molecule has 0 aromatic heterocycles. The van der Waals surface area contributed by atoms with Gasteiger partial charge in [0.05, 0.1) is 6.61 Å². The summed E-state index contributed by atoms with van der Waals surface area (Å²) in [7, 11) is 0. The Kier molecular flexibility index (Phi) is 5.04. The van der Waals surface area contributed by atoms with E-state index in [2.05, 4.69) is 28.9 Å². The lowest BCUT2D eigenvalue weighted by Gasteiger charge is -2.18. The van der Waals surface area contributed by atoms with Gasteiger partial charge in [0.2, 0.25) is 0 Å². The predicted molar refractivity (Wildman–Crippen MR) is 82.2 cm³/mol. The average Bonchev–Trinajstić information content (AvgIpc) is 2.99. The normalized spacial score (nSPS) is 14.2. The molecule has 0 amide bonds. The molecule has 1 N–H and O–H groups in total. The van der Waals surface area contributed by atoms with E-state index in [4.69, 9.17) is 4.74 Å². The average molecular weight is 274 g/mol. The van der Waals surface area contributed by atoms with Gasteiger partial charge in [-0.3, -0.25) is 0 Å². The van der Waals surface area contributed by atoms with E-state index in [1.807, 2.05) is 12.1 Å². The Balaban J connectivity index is 1.84. The van der Waals surface area contributed by atoms with Crippen molar-refractivity contribution in [3.8, 4) is 0 Å². The number of hydrogen-bond donors (Lipinski definition) is 1. The summed E-state index contributed by atoms with van der Waals surface area (Å²) in [4.78, 5) is 13.8. The van der Waals surface area contributed by atoms with E-state index in [9.17, 15) is 4.79 Å². The Morgan fingerprint density at radius 3 is 2.55 bits per heavy atom. The highest BCUT2D eigenvalue weighted by Gasteiger charge is 2.12. The molecule has 0 atom stereocenters. The summed E-state index contributed by atoms with van der Waals surface area (Å²) in [5, 5.41) is 3.18. The van der Waals surface area contributed by atoms with Gasteiger partial charge in [0.1, 0.15) is 0 Å². The molecule has 0 radical (unpaired) electrons. The lowest BCUT2D eigenvalue weighted by Crippen LogP contribution is -2.17. The van der Waals surface area contributed by atoms with Crippen LogP contribution in [-0.2, 0) is 9.53 Å². The quantitative estimate of drug-likeness (QED) is 0.640. The van der Waals surface area contributed by atoms with Crippen LogP contribution in [0.25, 0.3) is 0 Å². The molecule has 1 aromatic carbocycles. The molecule has 1 heterocycles. The minimum Gasteiger partial charge on any atom is -0.463 e. The third kappa shape index (κ3) is 3.76. The third-order valence-corrected chi connectivity index (χ3v) is 3.41. The van der Waals surface area contributed by atoms with Gasteiger partial charge in [-0.2, -0.15) is 0 Å². The molecule has 0 unspecified atom stereocenters. The molecule has 20 heavy (non-hydrogen) atoms. The number of esters is 1. The van der Waals surface area contributed by atoms with Crippen LogP contribution >= 0.6 is 0 Å². The van der Waals surface area contributed by atoms with Crippen molar-refractivity contribution >= 4 is 17.3 Å². The summed E-state index contributed by atoms with van der Waals surface area (Å²) >= 11 is 0. The van der Waals surface area contributed by atoms with E-state index in [-0.39, 0.29) is 5.97 Å². The molecular weight excluding hydrogens is 252 g/mol. The molecule has 1 aliphatic rings. The first kappa shape index (κ1) is 14.4. The van der Waals surface area contributed by atoms with Crippen molar-refractivity contribution in [3.63, 3.8) is 0 Å². The van der Waals surface area contributed by atoms with Gasteiger partial charge in [-0.05, 0) is 44.0 Å². The predicted octanol–water partition coefficient (Wildman–Crippen LogP) is 2.82. The standard InChI is InChI=1S/C16H22N2O2/c1-3-20-16(19)13(2)12-17-14-6-8-15(9-7-14)18-10-4-5-11-18/h6-9,17H,2-5,10-12H2,1H3. The minimum absolute atomic E-state index is 0.339. The van der Waals surface area contributed by atoms with Crippen molar-refractivity contribution < 1.29 is 9.53 Å². The first-order valence-corrected chi connectivity index (χ1v) is 7.14. The Hall–Kier alpha value is -1.97. The highest BCUT2D eigenvalue weighted by molar-refractivity contribution is 5.88. The molecule has 0 bridgehead atoms. The molecule has 0 saturated carbocycles. The van der Waals surface area contributed by atoms with Gasteiger partial charge < -0.3 is 15.0 Å². The topological polar surface area (TPSA) is 41.6 Å². The second-order valence-corrected chi connectivity index (χ2v) is 4.92. The first-order chi connectivity index (χ1) is 9.70. The van der Waals surface area contributed by atoms with Gasteiger partial charge in [0.15, 0.2) is 0 Å². The van der Waals surface area contributed by atoms with E-state index < -0.39 is 0 Å². The number of carbonyl (C=O) groups is 1. The Morgan fingerprint density at radius 1 is 1.30 bits per heavy atom. The number of hydrogen-bond acceptors (Lipinski definition) is 4. The van der Waals surface area contributed by atoms with Crippen molar-refractivity contribution in [2.75, 3.05) is 36.5 Å². The van der Waals surface area contributed by atoms with Gasteiger partial charge in [-0.1, -0.05) is 6.58 Å². The fourth-order valence-electron chi connectivity index (χ4n) is 2.28. The molecule has 1 fully saturated rings. The maximum atomic E-state index is 11.4. The maximum absolute atomic E-state index is 11.4. The van der Waals surface area contributed by atoms with Crippen LogP contribution in [0.4, 0.5) is 11.4 Å². The zero-order chi connectivity index (χ0) is 14.4. The molecule has 1 saturated heterocycles. The van der Waals surface area contributed by atoms with Crippen LogP contribution in [-0.4, -0.2) is 32.2 Å². The maximum Gasteiger partial charge on any atom is 0.335 e. The molecule has 0 spiro atoms. The zero-order valence-electron chi connectivity index (χ0n) is 12.0. The highest BCUT2D eigenvalue weighted by Crippen LogP contribution is 2.22. The number of nitrogens with zero attached hydrogens (tertiary/aromatic N) is 1. The summed E-state index contributed by atoms with van der Waals surface area (Å²) in [5.74, 6) is -0.339. The number of nitrogens with one attached hydrogen (secondary N) is 1. The lowest BCUT2D eigenvalue weighted by molar-refractivity contribution is -0.138. The Bertz CT molecular complexity index is 462.